The summed E-state index contributed by atoms with van der Waals surface area (Å²) in [4.78, 5) is 95.9. The summed E-state index contributed by atoms with van der Waals surface area (Å²) < 4.78 is 59.8. The van der Waals surface area contributed by atoms with Crippen molar-refractivity contribution < 1.29 is 90.5 Å². The Morgan fingerprint density at radius 3 is 1.09 bits per heavy atom. The quantitative estimate of drug-likeness (QED) is 0.181. The Hall–Kier alpha value is -4.36. The smallest absolute Gasteiger partial charge is 0.305 e. The molecule has 2 heterocycles. The highest BCUT2D eigenvalue weighted by atomic mass is 16.8. The van der Waals surface area contributed by atoms with Crippen LogP contribution in [0.15, 0.2) is 0 Å². The largest absolute Gasteiger partial charge is 0.463 e. The fourth-order valence-corrected chi connectivity index (χ4v) is 4.76. The molecule has 2 rings (SSSR count). The van der Waals surface area contributed by atoms with Crippen molar-refractivity contribution in [3.8, 4) is 0 Å². The number of esters is 8. The Morgan fingerprint density at radius 1 is 0.383 bits per heavy atom. The molecule has 0 amide bonds. The molecule has 0 aliphatic carbocycles. The monoisotopic (exact) mass is 678 g/mol. The molecule has 0 saturated carbocycles. The lowest BCUT2D eigenvalue weighted by Gasteiger charge is -2.46. The molecule has 264 valence electrons. The number of carbonyl (C=O) groups is 8. The van der Waals surface area contributed by atoms with Crippen molar-refractivity contribution in [3.05, 3.63) is 0 Å². The van der Waals surface area contributed by atoms with Crippen LogP contribution in [0.2, 0.25) is 0 Å². The molecule has 0 bridgehead atoms. The zero-order chi connectivity index (χ0) is 35.6. The molecule has 47 heavy (non-hydrogen) atoms. The third-order valence-electron chi connectivity index (χ3n) is 6.15. The van der Waals surface area contributed by atoms with E-state index in [1.54, 1.807) is 0 Å². The molecule has 0 aromatic heterocycles. The molecule has 2 aliphatic heterocycles. The maximum absolute atomic E-state index is 12.1. The summed E-state index contributed by atoms with van der Waals surface area (Å²) in [5.41, 5.74) is 0. The van der Waals surface area contributed by atoms with Crippen LogP contribution >= 0.6 is 0 Å². The van der Waals surface area contributed by atoms with Gasteiger partial charge in [-0.3, -0.25) is 38.4 Å². The first-order chi connectivity index (χ1) is 21.9. The van der Waals surface area contributed by atoms with E-state index in [1.807, 2.05) is 0 Å². The van der Waals surface area contributed by atoms with E-state index in [2.05, 4.69) is 0 Å². The van der Waals surface area contributed by atoms with Crippen molar-refractivity contribution in [3.63, 3.8) is 0 Å². The van der Waals surface area contributed by atoms with Crippen molar-refractivity contribution >= 4 is 47.8 Å². The standard InChI is InChI=1S/C28H38O19/c1-11(29)37-9-19-21(39-12(2)30)23(41-14(4)32)25(43-16(6)34)27(46-19)38-10-20-22(40-13(3)31)24(42-15(5)33)26(44-17(7)35)28(47-20)45-18(8)36/h19-28H,9-10H2,1-8H3/t19-,20-,21-,22-,23+,24+,25-,26-,27+,28+/m1/s1. The Kier molecular flexibility index (Phi) is 14.5. The first-order valence-electron chi connectivity index (χ1n) is 14.2. The van der Waals surface area contributed by atoms with Gasteiger partial charge >= 0.3 is 47.8 Å². The summed E-state index contributed by atoms with van der Waals surface area (Å²) in [6.07, 6.45) is -15.6. The molecule has 10 atom stereocenters. The number of ether oxygens (including phenoxy) is 11. The highest BCUT2D eigenvalue weighted by molar-refractivity contribution is 5.70. The van der Waals surface area contributed by atoms with Gasteiger partial charge in [-0.15, -0.1) is 0 Å². The molecule has 2 aliphatic rings. The van der Waals surface area contributed by atoms with Gasteiger partial charge in [-0.05, 0) is 0 Å². The van der Waals surface area contributed by atoms with E-state index < -0.39 is 122 Å². The topological polar surface area (TPSA) is 238 Å². The number of carbonyl (C=O) groups excluding carboxylic acids is 8. The predicted octanol–water partition coefficient (Wildman–Crippen LogP) is -0.831. The summed E-state index contributed by atoms with van der Waals surface area (Å²) in [7, 11) is 0. The van der Waals surface area contributed by atoms with E-state index in [0.29, 0.717) is 0 Å². The minimum Gasteiger partial charge on any atom is -0.463 e. The van der Waals surface area contributed by atoms with Crippen LogP contribution in [0.1, 0.15) is 55.4 Å². The van der Waals surface area contributed by atoms with Crippen LogP contribution in [-0.4, -0.2) is 122 Å². The van der Waals surface area contributed by atoms with Gasteiger partial charge in [0.15, 0.2) is 36.8 Å². The summed E-state index contributed by atoms with van der Waals surface area (Å²) in [5, 5.41) is 0. The van der Waals surface area contributed by atoms with Gasteiger partial charge in [0, 0.05) is 55.4 Å². The molecule has 19 heteroatoms. The van der Waals surface area contributed by atoms with Gasteiger partial charge < -0.3 is 52.1 Å². The highest BCUT2D eigenvalue weighted by Gasteiger charge is 2.56. The SMILES string of the molecule is CC(=O)OC[C@H]1O[C@H](OC[C@H]2O[C@H](OC(C)=O)[C@H](OC(C)=O)[C@@H](OC(C)=O)[C@@H]2OC(C)=O)[C@H](OC(C)=O)[C@@H](OC(C)=O)[C@@H]1OC(C)=O. The van der Waals surface area contributed by atoms with Crippen molar-refractivity contribution in [1.29, 1.82) is 0 Å². The molecular weight excluding hydrogens is 640 g/mol. The van der Waals surface area contributed by atoms with Gasteiger partial charge in [-0.2, -0.15) is 0 Å². The average molecular weight is 679 g/mol. The van der Waals surface area contributed by atoms with Gasteiger partial charge in [-0.1, -0.05) is 0 Å². The fraction of sp³-hybridized carbons (Fsp3) is 0.714. The third-order valence-corrected chi connectivity index (χ3v) is 6.15. The summed E-state index contributed by atoms with van der Waals surface area (Å²) >= 11 is 0. The molecule has 19 nitrogen and oxygen atoms in total. The van der Waals surface area contributed by atoms with E-state index in [9.17, 15) is 38.4 Å². The molecule has 2 saturated heterocycles. The Balaban J connectivity index is 2.56. The van der Waals surface area contributed by atoms with Crippen LogP contribution in [-0.2, 0) is 90.5 Å². The van der Waals surface area contributed by atoms with E-state index >= 15 is 0 Å². The highest BCUT2D eigenvalue weighted by Crippen LogP contribution is 2.33. The molecule has 0 aromatic carbocycles. The lowest BCUT2D eigenvalue weighted by atomic mass is 9.97. The second kappa shape index (κ2) is 17.5. The molecular formula is C28H38O19. The summed E-state index contributed by atoms with van der Waals surface area (Å²) in [6, 6.07) is 0. The van der Waals surface area contributed by atoms with Crippen LogP contribution in [0, 0.1) is 0 Å². The van der Waals surface area contributed by atoms with E-state index in [1.165, 1.54) is 0 Å². The van der Waals surface area contributed by atoms with Crippen molar-refractivity contribution in [1.82, 2.24) is 0 Å². The number of rotatable bonds is 12. The van der Waals surface area contributed by atoms with Crippen LogP contribution in [0.25, 0.3) is 0 Å². The average Bonchev–Trinajstić information content (AvgIpc) is 2.91. The maximum atomic E-state index is 12.1. The van der Waals surface area contributed by atoms with Crippen LogP contribution in [0.3, 0.4) is 0 Å². The van der Waals surface area contributed by atoms with Gasteiger partial charge in [0.25, 0.3) is 0 Å². The lowest BCUT2D eigenvalue weighted by molar-refractivity contribution is -0.331. The first kappa shape index (κ1) is 38.8. The summed E-state index contributed by atoms with van der Waals surface area (Å²) in [6.45, 7) is 7.09. The van der Waals surface area contributed by atoms with Gasteiger partial charge in [-0.25, -0.2) is 0 Å². The minimum atomic E-state index is -1.71. The molecule has 0 radical (unpaired) electrons. The zero-order valence-corrected chi connectivity index (χ0v) is 26.9. The Bertz CT molecular complexity index is 1200. The Labute approximate surface area is 268 Å². The first-order valence-corrected chi connectivity index (χ1v) is 14.2. The van der Waals surface area contributed by atoms with Crippen molar-refractivity contribution in [2.24, 2.45) is 0 Å². The van der Waals surface area contributed by atoms with E-state index in [4.69, 9.17) is 52.1 Å². The van der Waals surface area contributed by atoms with Crippen LogP contribution < -0.4 is 0 Å². The van der Waals surface area contributed by atoms with Crippen molar-refractivity contribution in [2.45, 2.75) is 117 Å². The molecule has 0 N–H and O–H groups in total. The Morgan fingerprint density at radius 2 is 0.702 bits per heavy atom. The minimum absolute atomic E-state index is 0.541. The van der Waals surface area contributed by atoms with Gasteiger partial charge in [0.2, 0.25) is 12.4 Å². The molecule has 2 fully saturated rings. The maximum Gasteiger partial charge on any atom is 0.305 e. The third kappa shape index (κ3) is 12.1. The summed E-state index contributed by atoms with van der Waals surface area (Å²) in [5.74, 6) is -6.93. The lowest BCUT2D eigenvalue weighted by Crippen LogP contribution is -2.65. The van der Waals surface area contributed by atoms with Crippen LogP contribution in [0.4, 0.5) is 0 Å². The van der Waals surface area contributed by atoms with Gasteiger partial charge in [0.05, 0.1) is 6.61 Å². The molecule has 0 unspecified atom stereocenters. The van der Waals surface area contributed by atoms with Gasteiger partial charge in [0.1, 0.15) is 18.8 Å². The second-order valence-electron chi connectivity index (χ2n) is 10.3. The molecule has 0 aromatic rings. The van der Waals surface area contributed by atoms with Crippen molar-refractivity contribution in [2.75, 3.05) is 13.2 Å². The van der Waals surface area contributed by atoms with E-state index in [-0.39, 0.29) is 0 Å². The normalized spacial score (nSPS) is 30.0. The zero-order valence-electron chi connectivity index (χ0n) is 26.9. The van der Waals surface area contributed by atoms with E-state index in [0.717, 1.165) is 55.4 Å². The van der Waals surface area contributed by atoms with Crippen LogP contribution in [0.5, 0.6) is 0 Å². The number of hydrogen-bond donors (Lipinski definition) is 0. The molecule has 0 spiro atoms. The second-order valence-corrected chi connectivity index (χ2v) is 10.3. The predicted molar refractivity (Wildman–Crippen MR) is 145 cm³/mol. The number of hydrogen-bond acceptors (Lipinski definition) is 19. The fourth-order valence-electron chi connectivity index (χ4n) is 4.76.